The quantitative estimate of drug-likeness (QED) is 0.402. The van der Waals surface area contributed by atoms with E-state index >= 15 is 0 Å². The number of carbonyl (C=O) groups excluding carboxylic acids is 1. The van der Waals surface area contributed by atoms with Crippen molar-refractivity contribution in [1.82, 2.24) is 0 Å². The zero-order valence-corrected chi connectivity index (χ0v) is 13.8. The SMILES string of the molecule is CCOC(=O)C(O)=Cc1cc(-c2ccccc2)c(-c2ccccc2)o1. The fourth-order valence-electron chi connectivity index (χ4n) is 2.52. The molecule has 0 bridgehead atoms. The van der Waals surface area contributed by atoms with Gasteiger partial charge in [-0.15, -0.1) is 0 Å². The number of carbonyl (C=O) groups is 1. The van der Waals surface area contributed by atoms with Crippen LogP contribution in [0.2, 0.25) is 0 Å². The zero-order chi connectivity index (χ0) is 17.6. The van der Waals surface area contributed by atoms with E-state index in [2.05, 4.69) is 0 Å². The lowest BCUT2D eigenvalue weighted by Gasteiger charge is -2.02. The molecular formula is C21H18O4. The number of rotatable bonds is 5. The second-order valence-corrected chi connectivity index (χ2v) is 5.37. The van der Waals surface area contributed by atoms with Gasteiger partial charge < -0.3 is 14.3 Å². The van der Waals surface area contributed by atoms with Crippen LogP contribution in [-0.2, 0) is 9.53 Å². The van der Waals surface area contributed by atoms with Crippen molar-refractivity contribution in [3.63, 3.8) is 0 Å². The number of furan rings is 1. The van der Waals surface area contributed by atoms with Crippen molar-refractivity contribution in [3.05, 3.63) is 78.2 Å². The molecule has 4 heteroatoms. The Hall–Kier alpha value is -3.27. The van der Waals surface area contributed by atoms with Crippen molar-refractivity contribution < 1.29 is 19.1 Å². The van der Waals surface area contributed by atoms with Gasteiger partial charge in [-0.2, -0.15) is 0 Å². The van der Waals surface area contributed by atoms with Crippen molar-refractivity contribution >= 4 is 12.0 Å². The molecule has 0 aliphatic carbocycles. The number of ether oxygens (including phenoxy) is 1. The number of esters is 1. The van der Waals surface area contributed by atoms with Gasteiger partial charge >= 0.3 is 5.97 Å². The molecule has 0 fully saturated rings. The van der Waals surface area contributed by atoms with Crippen LogP contribution in [0.5, 0.6) is 0 Å². The molecule has 0 aliphatic heterocycles. The Balaban J connectivity index is 2.07. The molecule has 0 spiro atoms. The average molecular weight is 334 g/mol. The molecule has 4 nitrogen and oxygen atoms in total. The van der Waals surface area contributed by atoms with E-state index in [1.54, 1.807) is 13.0 Å². The van der Waals surface area contributed by atoms with Crippen molar-refractivity contribution in [3.8, 4) is 22.5 Å². The summed E-state index contributed by atoms with van der Waals surface area (Å²) in [5.74, 6) is -0.214. The molecule has 2 aromatic carbocycles. The molecule has 1 heterocycles. The summed E-state index contributed by atoms with van der Waals surface area (Å²) in [5, 5.41) is 9.87. The molecule has 1 N–H and O–H groups in total. The van der Waals surface area contributed by atoms with Crippen molar-refractivity contribution in [2.45, 2.75) is 6.92 Å². The standard InChI is InChI=1S/C21H18O4/c1-2-24-21(23)19(22)14-17-13-18(15-9-5-3-6-10-15)20(25-17)16-11-7-4-8-12-16/h3-14,22H,2H2,1H3. The zero-order valence-electron chi connectivity index (χ0n) is 13.8. The largest absolute Gasteiger partial charge is 0.502 e. The van der Waals surface area contributed by atoms with E-state index in [1.165, 1.54) is 6.08 Å². The highest BCUT2D eigenvalue weighted by Gasteiger charge is 2.16. The van der Waals surface area contributed by atoms with E-state index in [4.69, 9.17) is 9.15 Å². The highest BCUT2D eigenvalue weighted by Crippen LogP contribution is 2.35. The Kier molecular flexibility index (Phi) is 5.00. The number of aliphatic hydroxyl groups is 1. The van der Waals surface area contributed by atoms with Gasteiger partial charge in [0.05, 0.1) is 6.61 Å². The molecule has 0 unspecified atom stereocenters. The van der Waals surface area contributed by atoms with Crippen molar-refractivity contribution in [2.24, 2.45) is 0 Å². The Bertz CT molecular complexity index is 820. The monoisotopic (exact) mass is 334 g/mol. The lowest BCUT2D eigenvalue weighted by atomic mass is 10.0. The number of benzene rings is 2. The van der Waals surface area contributed by atoms with E-state index in [1.807, 2.05) is 60.7 Å². The molecule has 126 valence electrons. The number of hydrogen-bond acceptors (Lipinski definition) is 4. The fourth-order valence-corrected chi connectivity index (χ4v) is 2.52. The minimum atomic E-state index is -0.776. The molecule has 3 rings (SSSR count). The maximum atomic E-state index is 11.6. The second-order valence-electron chi connectivity index (χ2n) is 5.37. The summed E-state index contributed by atoms with van der Waals surface area (Å²) in [7, 11) is 0. The van der Waals surface area contributed by atoms with Gasteiger partial charge in [0.15, 0.2) is 0 Å². The molecule has 0 saturated heterocycles. The lowest BCUT2D eigenvalue weighted by molar-refractivity contribution is -0.141. The third-order valence-electron chi connectivity index (χ3n) is 3.64. The minimum absolute atomic E-state index is 0.194. The third kappa shape index (κ3) is 3.80. The van der Waals surface area contributed by atoms with Gasteiger partial charge in [0, 0.05) is 17.2 Å². The summed E-state index contributed by atoms with van der Waals surface area (Å²) >= 11 is 0. The lowest BCUT2D eigenvalue weighted by Crippen LogP contribution is -2.06. The summed E-state index contributed by atoms with van der Waals surface area (Å²) in [6.07, 6.45) is 1.27. The maximum Gasteiger partial charge on any atom is 0.373 e. The van der Waals surface area contributed by atoms with Gasteiger partial charge in [-0.25, -0.2) is 4.79 Å². The first kappa shape index (κ1) is 16.6. The highest BCUT2D eigenvalue weighted by molar-refractivity contribution is 5.91. The van der Waals surface area contributed by atoms with E-state index in [-0.39, 0.29) is 6.61 Å². The molecule has 0 atom stereocenters. The first-order valence-electron chi connectivity index (χ1n) is 8.01. The van der Waals surface area contributed by atoms with Gasteiger partial charge in [-0.05, 0) is 18.6 Å². The third-order valence-corrected chi connectivity index (χ3v) is 3.64. The second kappa shape index (κ2) is 7.53. The molecule has 0 amide bonds. The summed E-state index contributed by atoms with van der Waals surface area (Å²) in [6.45, 7) is 1.87. The van der Waals surface area contributed by atoms with Crippen molar-refractivity contribution in [2.75, 3.05) is 6.61 Å². The molecule has 3 aromatic rings. The highest BCUT2D eigenvalue weighted by atomic mass is 16.5. The molecule has 0 aliphatic rings. The molecule has 1 aromatic heterocycles. The van der Waals surface area contributed by atoms with Crippen LogP contribution in [0.25, 0.3) is 28.5 Å². The van der Waals surface area contributed by atoms with Crippen LogP contribution in [-0.4, -0.2) is 17.7 Å². The van der Waals surface area contributed by atoms with Gasteiger partial charge in [-0.1, -0.05) is 60.7 Å². The van der Waals surface area contributed by atoms with Crippen LogP contribution in [0.1, 0.15) is 12.7 Å². The van der Waals surface area contributed by atoms with Crippen LogP contribution in [0.15, 0.2) is 76.9 Å². The molecular weight excluding hydrogens is 316 g/mol. The normalized spacial score (nSPS) is 11.3. The predicted octanol–water partition coefficient (Wildman–Crippen LogP) is 5.08. The molecule has 0 saturated carbocycles. The molecule has 0 radical (unpaired) electrons. The first-order valence-corrected chi connectivity index (χ1v) is 8.01. The van der Waals surface area contributed by atoms with Crippen LogP contribution in [0.4, 0.5) is 0 Å². The van der Waals surface area contributed by atoms with Crippen LogP contribution >= 0.6 is 0 Å². The maximum absolute atomic E-state index is 11.6. The van der Waals surface area contributed by atoms with Crippen LogP contribution in [0.3, 0.4) is 0 Å². The summed E-state index contributed by atoms with van der Waals surface area (Å²) in [5.41, 5.74) is 2.78. The summed E-state index contributed by atoms with van der Waals surface area (Å²) in [6, 6.07) is 21.3. The fraction of sp³-hybridized carbons (Fsp3) is 0.0952. The van der Waals surface area contributed by atoms with Gasteiger partial charge in [-0.3, -0.25) is 0 Å². The minimum Gasteiger partial charge on any atom is -0.502 e. The van der Waals surface area contributed by atoms with Crippen LogP contribution < -0.4 is 0 Å². The average Bonchev–Trinajstić information content (AvgIpc) is 3.07. The van der Waals surface area contributed by atoms with E-state index in [0.29, 0.717) is 11.5 Å². The Morgan fingerprint density at radius 1 is 1.04 bits per heavy atom. The molecule has 25 heavy (non-hydrogen) atoms. The predicted molar refractivity (Wildman–Crippen MR) is 96.8 cm³/mol. The van der Waals surface area contributed by atoms with E-state index in [9.17, 15) is 9.90 Å². The summed E-state index contributed by atoms with van der Waals surface area (Å²) in [4.78, 5) is 11.6. The number of aliphatic hydroxyl groups excluding tert-OH is 1. The van der Waals surface area contributed by atoms with Crippen LogP contribution in [0, 0.1) is 0 Å². The van der Waals surface area contributed by atoms with Crippen molar-refractivity contribution in [1.29, 1.82) is 0 Å². The Labute approximate surface area is 146 Å². The topological polar surface area (TPSA) is 59.7 Å². The van der Waals surface area contributed by atoms with Gasteiger partial charge in [0.25, 0.3) is 0 Å². The number of hydrogen-bond donors (Lipinski definition) is 1. The van der Waals surface area contributed by atoms with E-state index in [0.717, 1.165) is 16.7 Å². The Morgan fingerprint density at radius 3 is 2.24 bits per heavy atom. The van der Waals surface area contributed by atoms with Gasteiger partial charge in [0.2, 0.25) is 5.76 Å². The Morgan fingerprint density at radius 2 is 1.64 bits per heavy atom. The van der Waals surface area contributed by atoms with Gasteiger partial charge in [0.1, 0.15) is 11.5 Å². The summed E-state index contributed by atoms with van der Waals surface area (Å²) < 4.78 is 10.7. The first-order chi connectivity index (χ1) is 12.2. The smallest absolute Gasteiger partial charge is 0.373 e. The van der Waals surface area contributed by atoms with E-state index < -0.39 is 11.7 Å².